The van der Waals surface area contributed by atoms with Crippen molar-refractivity contribution >= 4 is 22.0 Å². The van der Waals surface area contributed by atoms with Gasteiger partial charge in [-0.15, -0.1) is 0 Å². The summed E-state index contributed by atoms with van der Waals surface area (Å²) in [6, 6.07) is 17.2. The molecule has 2 heterocycles. The van der Waals surface area contributed by atoms with E-state index in [1.807, 2.05) is 42.5 Å². The van der Waals surface area contributed by atoms with Crippen LogP contribution in [0.4, 0.5) is 0 Å². The van der Waals surface area contributed by atoms with Crippen molar-refractivity contribution in [3.63, 3.8) is 0 Å². The van der Waals surface area contributed by atoms with Crippen LogP contribution in [0.25, 0.3) is 27.7 Å². The van der Waals surface area contributed by atoms with Crippen LogP contribution in [0.2, 0.25) is 0 Å². The fourth-order valence-corrected chi connectivity index (χ4v) is 2.58. The van der Waals surface area contributed by atoms with Crippen molar-refractivity contribution in [2.24, 2.45) is 0 Å². The Hall–Kier alpha value is -2.68. The molecular formula is C16H10NO2-. The van der Waals surface area contributed by atoms with Crippen LogP contribution in [0.1, 0.15) is 0 Å². The predicted molar refractivity (Wildman–Crippen MR) is 72.5 cm³/mol. The molecule has 0 bridgehead atoms. The third-order valence-corrected chi connectivity index (χ3v) is 3.37. The molecule has 3 nitrogen and oxygen atoms in total. The van der Waals surface area contributed by atoms with Crippen LogP contribution in [0, 0.1) is 0 Å². The molecule has 0 aliphatic carbocycles. The highest BCUT2D eigenvalue weighted by Crippen LogP contribution is 2.36. The number of benzene rings is 2. The van der Waals surface area contributed by atoms with E-state index in [1.54, 1.807) is 18.4 Å². The quantitative estimate of drug-likeness (QED) is 0.517. The summed E-state index contributed by atoms with van der Waals surface area (Å²) in [5.74, 6) is -0.00729. The van der Waals surface area contributed by atoms with Crippen molar-refractivity contribution in [1.29, 1.82) is 0 Å². The fourth-order valence-electron chi connectivity index (χ4n) is 2.58. The molecule has 0 atom stereocenters. The number of para-hydroxylation sites is 1. The van der Waals surface area contributed by atoms with Gasteiger partial charge >= 0.3 is 0 Å². The lowest BCUT2D eigenvalue weighted by Crippen LogP contribution is -1.94. The first-order valence-corrected chi connectivity index (χ1v) is 6.09. The van der Waals surface area contributed by atoms with Gasteiger partial charge < -0.3 is 14.1 Å². The summed E-state index contributed by atoms with van der Waals surface area (Å²) in [6.45, 7) is 0. The molecule has 0 spiro atoms. The maximum Gasteiger partial charge on any atom is 0.159 e. The van der Waals surface area contributed by atoms with Crippen LogP contribution in [0.5, 0.6) is 5.75 Å². The molecule has 2 aromatic carbocycles. The Morgan fingerprint density at radius 2 is 1.68 bits per heavy atom. The number of fused-ring (bicyclic) bond motifs is 3. The van der Waals surface area contributed by atoms with Gasteiger partial charge in [-0.1, -0.05) is 36.1 Å². The van der Waals surface area contributed by atoms with Gasteiger partial charge in [-0.05, 0) is 18.2 Å². The topological polar surface area (TPSA) is 41.1 Å². The zero-order chi connectivity index (χ0) is 12.8. The van der Waals surface area contributed by atoms with Crippen molar-refractivity contribution in [3.8, 4) is 11.4 Å². The van der Waals surface area contributed by atoms with E-state index in [9.17, 15) is 5.11 Å². The van der Waals surface area contributed by atoms with Gasteiger partial charge in [-0.3, -0.25) is 0 Å². The summed E-state index contributed by atoms with van der Waals surface area (Å²) in [5, 5.41) is 12.7. The SMILES string of the molecule is [O-]c1cccc2c1c1occc1n2-c1ccccc1. The number of aromatic nitrogens is 1. The van der Waals surface area contributed by atoms with Crippen LogP contribution in [-0.2, 0) is 0 Å². The van der Waals surface area contributed by atoms with Crippen LogP contribution in [0.15, 0.2) is 65.3 Å². The molecule has 0 saturated carbocycles. The number of rotatable bonds is 1. The van der Waals surface area contributed by atoms with Gasteiger partial charge in [0.2, 0.25) is 0 Å². The third-order valence-electron chi connectivity index (χ3n) is 3.37. The normalized spacial score (nSPS) is 11.4. The first kappa shape index (κ1) is 10.3. The molecule has 4 rings (SSSR count). The smallest absolute Gasteiger partial charge is 0.159 e. The molecule has 0 saturated heterocycles. The summed E-state index contributed by atoms with van der Waals surface area (Å²) in [7, 11) is 0. The standard InChI is InChI=1S/C16H11NO2/c18-14-8-4-7-12-15(14)16-13(9-10-19-16)17(12)11-5-2-1-3-6-11/h1-10,18H/p-1. The Balaban J connectivity index is 2.24. The van der Waals surface area contributed by atoms with Gasteiger partial charge in [0.05, 0.1) is 17.3 Å². The lowest BCUT2D eigenvalue weighted by atomic mass is 10.2. The summed E-state index contributed by atoms with van der Waals surface area (Å²) >= 11 is 0. The molecular weight excluding hydrogens is 238 g/mol. The van der Waals surface area contributed by atoms with Gasteiger partial charge in [0, 0.05) is 17.1 Å². The molecule has 3 heteroatoms. The third kappa shape index (κ3) is 1.32. The molecule has 0 aliphatic heterocycles. The van der Waals surface area contributed by atoms with Gasteiger partial charge in [0.15, 0.2) is 5.58 Å². The van der Waals surface area contributed by atoms with E-state index >= 15 is 0 Å². The molecule has 4 aromatic rings. The molecule has 92 valence electrons. The van der Waals surface area contributed by atoms with E-state index in [-0.39, 0.29) is 5.75 Å². The minimum absolute atomic E-state index is 0.00729. The second kappa shape index (κ2) is 3.65. The van der Waals surface area contributed by atoms with Gasteiger partial charge in [0.1, 0.15) is 0 Å². The Morgan fingerprint density at radius 1 is 0.842 bits per heavy atom. The first-order chi connectivity index (χ1) is 9.36. The first-order valence-electron chi connectivity index (χ1n) is 6.09. The Bertz CT molecular complexity index is 872. The van der Waals surface area contributed by atoms with E-state index in [4.69, 9.17) is 4.42 Å². The summed E-state index contributed by atoms with van der Waals surface area (Å²) in [5.41, 5.74) is 3.48. The monoisotopic (exact) mass is 248 g/mol. The number of hydrogen-bond acceptors (Lipinski definition) is 2. The molecule has 0 fully saturated rings. The Kier molecular flexibility index (Phi) is 1.97. The van der Waals surface area contributed by atoms with Crippen molar-refractivity contribution in [2.45, 2.75) is 0 Å². The lowest BCUT2D eigenvalue weighted by molar-refractivity contribution is -0.265. The molecule has 0 radical (unpaired) electrons. The summed E-state index contributed by atoms with van der Waals surface area (Å²) < 4.78 is 7.54. The average molecular weight is 248 g/mol. The van der Waals surface area contributed by atoms with Crippen LogP contribution < -0.4 is 5.11 Å². The van der Waals surface area contributed by atoms with Gasteiger partial charge in [-0.25, -0.2) is 0 Å². The van der Waals surface area contributed by atoms with Crippen LogP contribution in [-0.4, -0.2) is 4.57 Å². The van der Waals surface area contributed by atoms with E-state index in [2.05, 4.69) is 4.57 Å². The highest BCUT2D eigenvalue weighted by molar-refractivity contribution is 6.09. The molecule has 19 heavy (non-hydrogen) atoms. The number of hydrogen-bond donors (Lipinski definition) is 0. The molecule has 2 aromatic heterocycles. The molecule has 0 unspecified atom stereocenters. The minimum atomic E-state index is -0.00729. The molecule has 0 aliphatic rings. The molecule has 0 amide bonds. The minimum Gasteiger partial charge on any atom is -0.872 e. The highest BCUT2D eigenvalue weighted by Gasteiger charge is 2.14. The zero-order valence-electron chi connectivity index (χ0n) is 10.0. The largest absolute Gasteiger partial charge is 0.872 e. The van der Waals surface area contributed by atoms with Crippen molar-refractivity contribution in [1.82, 2.24) is 4.57 Å². The lowest BCUT2D eigenvalue weighted by Gasteiger charge is -2.09. The van der Waals surface area contributed by atoms with Gasteiger partial charge in [0.25, 0.3) is 0 Å². The fraction of sp³-hybridized carbons (Fsp3) is 0. The maximum absolute atomic E-state index is 12.1. The number of furan rings is 1. The van der Waals surface area contributed by atoms with E-state index in [0.29, 0.717) is 11.0 Å². The van der Waals surface area contributed by atoms with E-state index < -0.39 is 0 Å². The van der Waals surface area contributed by atoms with Crippen molar-refractivity contribution in [3.05, 3.63) is 60.9 Å². The Labute approximate surface area is 109 Å². The predicted octanol–water partition coefficient (Wildman–Crippen LogP) is 3.45. The van der Waals surface area contributed by atoms with Crippen LogP contribution >= 0.6 is 0 Å². The summed E-state index contributed by atoms with van der Waals surface area (Å²) in [6.07, 6.45) is 1.62. The van der Waals surface area contributed by atoms with Crippen LogP contribution in [0.3, 0.4) is 0 Å². The van der Waals surface area contributed by atoms with Crippen molar-refractivity contribution in [2.75, 3.05) is 0 Å². The second-order valence-electron chi connectivity index (χ2n) is 4.46. The Morgan fingerprint density at radius 3 is 2.53 bits per heavy atom. The van der Waals surface area contributed by atoms with Crippen molar-refractivity contribution < 1.29 is 9.52 Å². The van der Waals surface area contributed by atoms with Gasteiger partial charge in [-0.2, -0.15) is 0 Å². The maximum atomic E-state index is 12.1. The highest BCUT2D eigenvalue weighted by atomic mass is 16.3. The van der Waals surface area contributed by atoms with E-state index in [1.165, 1.54) is 0 Å². The molecule has 0 N–H and O–H groups in total. The average Bonchev–Trinajstić information content (AvgIpc) is 2.99. The van der Waals surface area contributed by atoms with E-state index in [0.717, 1.165) is 16.7 Å². The number of nitrogens with zero attached hydrogens (tertiary/aromatic N) is 1. The zero-order valence-corrected chi connectivity index (χ0v) is 10.0. The second-order valence-corrected chi connectivity index (χ2v) is 4.46. The summed E-state index contributed by atoms with van der Waals surface area (Å²) in [4.78, 5) is 0.